The van der Waals surface area contributed by atoms with Crippen LogP contribution in [0, 0.1) is 11.7 Å². The molecule has 0 saturated carbocycles. The van der Waals surface area contributed by atoms with Crippen molar-refractivity contribution in [3.8, 4) is 5.69 Å². The van der Waals surface area contributed by atoms with Crippen LogP contribution in [0.15, 0.2) is 53.3 Å². The summed E-state index contributed by atoms with van der Waals surface area (Å²) < 4.78 is 15.5. The summed E-state index contributed by atoms with van der Waals surface area (Å²) >= 11 is 6.13. The Hall–Kier alpha value is -3.13. The van der Waals surface area contributed by atoms with E-state index in [1.807, 2.05) is 0 Å². The van der Waals surface area contributed by atoms with Crippen molar-refractivity contribution in [3.63, 3.8) is 0 Å². The molecular weight excluding hydrogens is 409 g/mol. The number of benzene rings is 2. The van der Waals surface area contributed by atoms with Crippen LogP contribution >= 0.6 is 11.6 Å². The molecule has 1 atom stereocenters. The van der Waals surface area contributed by atoms with Gasteiger partial charge in [0.2, 0.25) is 0 Å². The minimum Gasteiger partial charge on any atom is -0.324 e. The number of amides is 2. The fourth-order valence-electron chi connectivity index (χ4n) is 3.78. The third-order valence-electron chi connectivity index (χ3n) is 5.23. The number of H-pyrrole nitrogens is 1. The summed E-state index contributed by atoms with van der Waals surface area (Å²) in [5.74, 6) is 0.0477. The number of hydrogen-bond donors (Lipinski definition) is 2. The molecule has 0 radical (unpaired) electrons. The molecule has 4 rings (SSSR count). The van der Waals surface area contributed by atoms with E-state index in [0.29, 0.717) is 36.0 Å². The maximum Gasteiger partial charge on any atom is 0.348 e. The largest absolute Gasteiger partial charge is 0.348 e. The SMILES string of the molecule is O=C(Nc1ccccc1Cl)N1CCC[C@@H](Cc2n[nH]c(=O)n2-c2ccccc2F)C1. The number of carbonyl (C=O) groups is 1. The highest BCUT2D eigenvalue weighted by molar-refractivity contribution is 6.33. The predicted molar refractivity (Wildman–Crippen MR) is 113 cm³/mol. The second-order valence-corrected chi connectivity index (χ2v) is 7.71. The first kappa shape index (κ1) is 20.2. The maximum absolute atomic E-state index is 14.2. The van der Waals surface area contributed by atoms with Crippen molar-refractivity contribution in [3.05, 3.63) is 75.7 Å². The van der Waals surface area contributed by atoms with Crippen LogP contribution in [0.3, 0.4) is 0 Å². The summed E-state index contributed by atoms with van der Waals surface area (Å²) in [6.45, 7) is 1.14. The average Bonchev–Trinajstić information content (AvgIpc) is 3.10. The molecule has 7 nitrogen and oxygen atoms in total. The number of para-hydroxylation sites is 2. The molecule has 2 N–H and O–H groups in total. The predicted octanol–water partition coefficient (Wildman–Crippen LogP) is 3.84. The number of nitrogens with one attached hydrogen (secondary N) is 2. The van der Waals surface area contributed by atoms with Crippen LogP contribution < -0.4 is 11.0 Å². The highest BCUT2D eigenvalue weighted by Crippen LogP contribution is 2.24. The molecule has 0 unspecified atom stereocenters. The second-order valence-electron chi connectivity index (χ2n) is 7.30. The Morgan fingerprint density at radius 1 is 1.23 bits per heavy atom. The summed E-state index contributed by atoms with van der Waals surface area (Å²) in [7, 11) is 0. The second kappa shape index (κ2) is 8.71. The number of anilines is 1. The highest BCUT2D eigenvalue weighted by atomic mass is 35.5. The fourth-order valence-corrected chi connectivity index (χ4v) is 3.96. The van der Waals surface area contributed by atoms with Crippen molar-refractivity contribution >= 4 is 23.3 Å². The van der Waals surface area contributed by atoms with E-state index < -0.39 is 11.5 Å². The zero-order valence-corrected chi connectivity index (χ0v) is 16.9. The number of halogens is 2. The number of aromatic amines is 1. The number of likely N-dealkylation sites (tertiary alicyclic amines) is 1. The number of carbonyl (C=O) groups excluding carboxylic acids is 1. The summed E-state index contributed by atoms with van der Waals surface area (Å²) in [5.41, 5.74) is 0.238. The Bertz CT molecular complexity index is 1110. The zero-order chi connectivity index (χ0) is 21.1. The van der Waals surface area contributed by atoms with Gasteiger partial charge < -0.3 is 10.2 Å². The molecule has 156 valence electrons. The van der Waals surface area contributed by atoms with E-state index in [1.165, 1.54) is 10.6 Å². The van der Waals surface area contributed by atoms with Crippen molar-refractivity contribution in [2.24, 2.45) is 5.92 Å². The maximum atomic E-state index is 14.2. The van der Waals surface area contributed by atoms with E-state index in [1.54, 1.807) is 47.4 Å². The number of nitrogens with zero attached hydrogens (tertiary/aromatic N) is 3. The first-order valence-corrected chi connectivity index (χ1v) is 10.1. The van der Waals surface area contributed by atoms with Gasteiger partial charge in [-0.2, -0.15) is 5.10 Å². The summed E-state index contributed by atoms with van der Waals surface area (Å²) in [6.07, 6.45) is 2.16. The van der Waals surface area contributed by atoms with Crippen LogP contribution in [0.2, 0.25) is 5.02 Å². The van der Waals surface area contributed by atoms with Crippen LogP contribution in [0.1, 0.15) is 18.7 Å². The normalized spacial score (nSPS) is 16.5. The number of hydrogen-bond acceptors (Lipinski definition) is 3. The van der Waals surface area contributed by atoms with Crippen molar-refractivity contribution in [2.45, 2.75) is 19.3 Å². The lowest BCUT2D eigenvalue weighted by atomic mass is 9.94. The smallest absolute Gasteiger partial charge is 0.324 e. The number of rotatable bonds is 4. The van der Waals surface area contributed by atoms with Gasteiger partial charge in [0.05, 0.1) is 16.4 Å². The summed E-state index contributed by atoms with van der Waals surface area (Å²) in [4.78, 5) is 26.6. The van der Waals surface area contributed by atoms with E-state index in [2.05, 4.69) is 15.5 Å². The lowest BCUT2D eigenvalue weighted by Crippen LogP contribution is -2.43. The van der Waals surface area contributed by atoms with Gasteiger partial charge in [-0.25, -0.2) is 23.6 Å². The molecule has 30 heavy (non-hydrogen) atoms. The van der Waals surface area contributed by atoms with Gasteiger partial charge in [0.1, 0.15) is 11.6 Å². The zero-order valence-electron chi connectivity index (χ0n) is 16.1. The topological polar surface area (TPSA) is 83.0 Å². The van der Waals surface area contributed by atoms with Crippen LogP contribution in [-0.4, -0.2) is 38.8 Å². The van der Waals surface area contributed by atoms with Gasteiger partial charge in [-0.1, -0.05) is 35.9 Å². The van der Waals surface area contributed by atoms with Crippen molar-refractivity contribution in [2.75, 3.05) is 18.4 Å². The molecule has 1 aliphatic heterocycles. The van der Waals surface area contributed by atoms with Crippen LogP contribution in [0.25, 0.3) is 5.69 Å². The monoisotopic (exact) mass is 429 g/mol. The lowest BCUT2D eigenvalue weighted by molar-refractivity contribution is 0.176. The van der Waals surface area contributed by atoms with Gasteiger partial charge in [-0.15, -0.1) is 0 Å². The fraction of sp³-hybridized carbons (Fsp3) is 0.286. The van der Waals surface area contributed by atoms with E-state index in [0.717, 1.165) is 12.8 Å². The summed E-state index contributed by atoms with van der Waals surface area (Å²) in [6, 6.07) is 12.9. The number of piperidine rings is 1. The van der Waals surface area contributed by atoms with E-state index in [9.17, 15) is 14.0 Å². The molecule has 3 aromatic rings. The molecule has 1 aliphatic rings. The van der Waals surface area contributed by atoms with E-state index in [-0.39, 0.29) is 17.6 Å². The first-order chi connectivity index (χ1) is 14.5. The van der Waals surface area contributed by atoms with Crippen LogP contribution in [0.5, 0.6) is 0 Å². The van der Waals surface area contributed by atoms with Gasteiger partial charge in [-0.3, -0.25) is 0 Å². The van der Waals surface area contributed by atoms with Gasteiger partial charge in [0.15, 0.2) is 0 Å². The molecule has 1 fully saturated rings. The van der Waals surface area contributed by atoms with Gasteiger partial charge in [-0.05, 0) is 43.0 Å². The lowest BCUT2D eigenvalue weighted by Gasteiger charge is -2.32. The molecular formula is C21H21ClFN5O2. The molecule has 9 heteroatoms. The first-order valence-electron chi connectivity index (χ1n) is 9.74. The van der Waals surface area contributed by atoms with Crippen molar-refractivity contribution in [1.29, 1.82) is 0 Å². The molecule has 1 saturated heterocycles. The highest BCUT2D eigenvalue weighted by Gasteiger charge is 2.26. The van der Waals surface area contributed by atoms with Gasteiger partial charge >= 0.3 is 11.7 Å². The molecule has 0 bridgehead atoms. The molecule has 0 aliphatic carbocycles. The Labute approximate surface area is 177 Å². The number of urea groups is 1. The van der Waals surface area contributed by atoms with Crippen molar-refractivity contribution in [1.82, 2.24) is 19.7 Å². The minimum absolute atomic E-state index is 0.0940. The molecule has 0 spiro atoms. The molecule has 1 aromatic heterocycles. The Morgan fingerprint density at radius 3 is 2.80 bits per heavy atom. The molecule has 2 aromatic carbocycles. The van der Waals surface area contributed by atoms with Crippen LogP contribution in [-0.2, 0) is 6.42 Å². The quantitative estimate of drug-likeness (QED) is 0.661. The summed E-state index contributed by atoms with van der Waals surface area (Å²) in [5, 5.41) is 9.83. The van der Waals surface area contributed by atoms with Crippen LogP contribution in [0.4, 0.5) is 14.9 Å². The third-order valence-corrected chi connectivity index (χ3v) is 5.56. The minimum atomic E-state index is -0.494. The van der Waals surface area contributed by atoms with E-state index >= 15 is 0 Å². The number of aromatic nitrogens is 3. The third kappa shape index (κ3) is 4.23. The standard InChI is InChI=1S/C21H21ClFN5O2/c22-15-7-1-3-9-17(15)24-20(29)27-11-5-6-14(13-27)12-19-25-26-21(30)28(19)18-10-4-2-8-16(18)23/h1-4,7-10,14H,5-6,11-13H2,(H,24,29)(H,26,30)/t14-/m0/s1. The average molecular weight is 430 g/mol. The van der Waals surface area contributed by atoms with E-state index in [4.69, 9.17) is 11.6 Å². The molecule has 2 heterocycles. The van der Waals surface area contributed by atoms with Gasteiger partial charge in [0.25, 0.3) is 0 Å². The molecule has 2 amide bonds. The Kier molecular flexibility index (Phi) is 5.85. The Morgan fingerprint density at radius 2 is 2.00 bits per heavy atom. The van der Waals surface area contributed by atoms with Crippen molar-refractivity contribution < 1.29 is 9.18 Å². The Balaban J connectivity index is 1.48. The van der Waals surface area contributed by atoms with Gasteiger partial charge in [0, 0.05) is 19.5 Å².